The van der Waals surface area contributed by atoms with E-state index < -0.39 is 36.6 Å². The van der Waals surface area contributed by atoms with Crippen molar-refractivity contribution in [2.24, 2.45) is 5.73 Å². The largest absolute Gasteiger partial charge is 0.513 e. The van der Waals surface area contributed by atoms with Gasteiger partial charge >= 0.3 is 24.4 Å². The van der Waals surface area contributed by atoms with Crippen molar-refractivity contribution < 1.29 is 52.3 Å². The lowest BCUT2D eigenvalue weighted by molar-refractivity contribution is -0.152. The Morgan fingerprint density at radius 3 is 1.92 bits per heavy atom. The second kappa shape index (κ2) is 18.7. The van der Waals surface area contributed by atoms with E-state index in [1.807, 2.05) is 20.8 Å². The Kier molecular flexibility index (Phi) is 16.0. The molecule has 0 radical (unpaired) electrons. The fourth-order valence-corrected chi connectivity index (χ4v) is 2.81. The van der Waals surface area contributed by atoms with Crippen LogP contribution in [0.25, 0.3) is 0 Å². The van der Waals surface area contributed by atoms with Crippen LogP contribution < -0.4 is 15.2 Å². The molecule has 0 bridgehead atoms. The lowest BCUT2D eigenvalue weighted by Crippen LogP contribution is -2.37. The molecule has 0 heterocycles. The summed E-state index contributed by atoms with van der Waals surface area (Å²) < 4.78 is 35.6. The van der Waals surface area contributed by atoms with Crippen LogP contribution in [-0.4, -0.2) is 62.5 Å². The number of esters is 1. The molecule has 0 amide bonds. The Bertz CT molecular complexity index is 921. The molecule has 39 heavy (non-hydrogen) atoms. The molecule has 0 aromatic heterocycles. The Morgan fingerprint density at radius 1 is 0.769 bits per heavy atom. The molecule has 0 aliphatic rings. The minimum atomic E-state index is -1.09. The van der Waals surface area contributed by atoms with E-state index in [0.29, 0.717) is 24.8 Å². The fourth-order valence-electron chi connectivity index (χ4n) is 2.81. The molecular formula is C27H41NO11. The molecule has 2 N–H and O–H groups in total. The van der Waals surface area contributed by atoms with Gasteiger partial charge in [0.25, 0.3) is 0 Å². The first-order chi connectivity index (χ1) is 18.6. The molecule has 1 aromatic carbocycles. The predicted molar refractivity (Wildman–Crippen MR) is 140 cm³/mol. The minimum Gasteiger partial charge on any atom is -0.458 e. The molecular weight excluding hydrogens is 514 g/mol. The number of ether oxygens (including phenoxy) is 7. The molecule has 3 atom stereocenters. The second-order valence-corrected chi connectivity index (χ2v) is 8.85. The van der Waals surface area contributed by atoms with Crippen molar-refractivity contribution in [3.8, 4) is 11.5 Å². The van der Waals surface area contributed by atoms with Gasteiger partial charge in [-0.2, -0.15) is 0 Å². The third-order valence-corrected chi connectivity index (χ3v) is 5.21. The zero-order valence-electron chi connectivity index (χ0n) is 23.4. The lowest BCUT2D eigenvalue weighted by Gasteiger charge is -2.18. The monoisotopic (exact) mass is 555 g/mol. The number of hydrogen-bond acceptors (Lipinski definition) is 12. The van der Waals surface area contributed by atoms with Gasteiger partial charge in [0.15, 0.2) is 11.5 Å². The number of benzene rings is 1. The maximum absolute atomic E-state index is 12.5. The molecule has 0 spiro atoms. The summed E-state index contributed by atoms with van der Waals surface area (Å²) in [6.45, 7) is 9.17. The minimum absolute atomic E-state index is 0.00490. The summed E-state index contributed by atoms with van der Waals surface area (Å²) in [4.78, 5) is 48.2. The van der Waals surface area contributed by atoms with E-state index >= 15 is 0 Å². The van der Waals surface area contributed by atoms with Crippen LogP contribution in [0.15, 0.2) is 18.2 Å². The van der Waals surface area contributed by atoms with Gasteiger partial charge in [0.1, 0.15) is 24.9 Å². The van der Waals surface area contributed by atoms with Crippen LogP contribution in [0.1, 0.15) is 72.3 Å². The van der Waals surface area contributed by atoms with Gasteiger partial charge in [-0.3, -0.25) is 4.79 Å². The summed E-state index contributed by atoms with van der Waals surface area (Å²) in [7, 11) is 0. The van der Waals surface area contributed by atoms with Gasteiger partial charge in [0.05, 0.1) is 13.2 Å². The van der Waals surface area contributed by atoms with E-state index in [1.165, 1.54) is 12.1 Å². The number of unbranched alkanes of at least 4 members (excludes halogenated alkanes) is 2. The van der Waals surface area contributed by atoms with Crippen molar-refractivity contribution in [3.63, 3.8) is 0 Å². The van der Waals surface area contributed by atoms with Crippen molar-refractivity contribution in [3.05, 3.63) is 23.8 Å². The molecule has 0 fully saturated rings. The molecule has 0 saturated heterocycles. The zero-order chi connectivity index (χ0) is 29.2. The molecule has 0 saturated carbocycles. The predicted octanol–water partition coefficient (Wildman–Crippen LogP) is 5.07. The summed E-state index contributed by atoms with van der Waals surface area (Å²) in [5, 5.41) is 0. The first kappa shape index (κ1) is 33.5. The van der Waals surface area contributed by atoms with Gasteiger partial charge in [-0.1, -0.05) is 39.7 Å². The number of nitrogens with two attached hydrogens (primary N) is 1. The van der Waals surface area contributed by atoms with Crippen molar-refractivity contribution in [2.75, 3.05) is 19.8 Å². The van der Waals surface area contributed by atoms with E-state index in [-0.39, 0.29) is 43.8 Å². The van der Waals surface area contributed by atoms with Crippen molar-refractivity contribution >= 4 is 24.4 Å². The van der Waals surface area contributed by atoms with Crippen molar-refractivity contribution in [2.45, 2.75) is 91.4 Å². The summed E-state index contributed by atoms with van der Waals surface area (Å²) in [6, 6.07) is 3.26. The first-order valence-corrected chi connectivity index (χ1v) is 13.2. The Morgan fingerprint density at radius 2 is 1.36 bits per heavy atom. The Balaban J connectivity index is 2.81. The number of carbonyl (C=O) groups is 4. The van der Waals surface area contributed by atoms with E-state index in [1.54, 1.807) is 19.9 Å². The van der Waals surface area contributed by atoms with Crippen LogP contribution in [0.2, 0.25) is 0 Å². The fraction of sp³-hybridized carbons (Fsp3) is 0.630. The highest BCUT2D eigenvalue weighted by Crippen LogP contribution is 2.30. The van der Waals surface area contributed by atoms with Gasteiger partial charge in [-0.15, -0.1) is 0 Å². The van der Waals surface area contributed by atoms with Crippen molar-refractivity contribution in [1.29, 1.82) is 0 Å². The van der Waals surface area contributed by atoms with Crippen molar-refractivity contribution in [1.82, 2.24) is 0 Å². The third-order valence-electron chi connectivity index (χ3n) is 5.21. The van der Waals surface area contributed by atoms with Crippen LogP contribution in [0.3, 0.4) is 0 Å². The number of rotatable bonds is 16. The number of hydrogen-bond donors (Lipinski definition) is 1. The van der Waals surface area contributed by atoms with E-state index in [4.69, 9.17) is 38.9 Å². The van der Waals surface area contributed by atoms with Crippen LogP contribution in [0, 0.1) is 0 Å². The second-order valence-electron chi connectivity index (χ2n) is 8.85. The van der Waals surface area contributed by atoms with Crippen LogP contribution >= 0.6 is 0 Å². The average molecular weight is 556 g/mol. The van der Waals surface area contributed by atoms with Gasteiger partial charge in [-0.25, -0.2) is 14.4 Å². The molecule has 1 unspecified atom stereocenters. The maximum Gasteiger partial charge on any atom is 0.513 e. The third kappa shape index (κ3) is 14.3. The maximum atomic E-state index is 12.5. The highest BCUT2D eigenvalue weighted by Gasteiger charge is 2.22. The summed E-state index contributed by atoms with van der Waals surface area (Å²) in [6.07, 6.45) is -0.223. The van der Waals surface area contributed by atoms with Crippen LogP contribution in [0.4, 0.5) is 14.4 Å². The molecule has 0 aliphatic heterocycles. The normalized spacial score (nSPS) is 12.9. The van der Waals surface area contributed by atoms with Gasteiger partial charge in [0, 0.05) is 0 Å². The zero-order valence-corrected chi connectivity index (χ0v) is 23.4. The Labute approximate surface area is 229 Å². The molecule has 1 rings (SSSR count). The quantitative estimate of drug-likeness (QED) is 0.125. The lowest BCUT2D eigenvalue weighted by atomic mass is 10.1. The number of carbonyl (C=O) groups excluding carboxylic acids is 4. The van der Waals surface area contributed by atoms with E-state index in [2.05, 4.69) is 0 Å². The standard InChI is InChI=1S/C27H41NO11/c1-6-9-13-33-25(30)38-22-12-11-20(16-23(22)39-26(31)34-14-10-7-2)15-21(28)24(29)36-19(5)17-35-27(32)37-18(4)8-3/h11-12,16,18-19,21H,6-10,13-15,17,28H2,1-5H3/t18?,19-,21-/m0/s1. The average Bonchev–Trinajstić information content (AvgIpc) is 2.89. The molecule has 220 valence electrons. The summed E-state index contributed by atoms with van der Waals surface area (Å²) in [5.41, 5.74) is 6.50. The van der Waals surface area contributed by atoms with Gasteiger partial charge in [0.2, 0.25) is 0 Å². The smallest absolute Gasteiger partial charge is 0.458 e. The first-order valence-electron chi connectivity index (χ1n) is 13.2. The van der Waals surface area contributed by atoms with Crippen LogP contribution in [0.5, 0.6) is 11.5 Å². The molecule has 12 nitrogen and oxygen atoms in total. The molecule has 0 aliphatic carbocycles. The van der Waals surface area contributed by atoms with Gasteiger partial charge in [-0.05, 0) is 57.2 Å². The topological polar surface area (TPSA) is 159 Å². The van der Waals surface area contributed by atoms with Gasteiger partial charge < -0.3 is 38.9 Å². The Hall–Kier alpha value is -3.54. The van der Waals surface area contributed by atoms with Crippen LogP contribution in [-0.2, 0) is 34.9 Å². The highest BCUT2D eigenvalue weighted by atomic mass is 16.7. The highest BCUT2D eigenvalue weighted by molar-refractivity contribution is 5.76. The van der Waals surface area contributed by atoms with E-state index in [0.717, 1.165) is 12.8 Å². The van der Waals surface area contributed by atoms with E-state index in [9.17, 15) is 19.2 Å². The molecule has 1 aromatic rings. The SMILES string of the molecule is CCCCOC(=O)Oc1ccc(C[C@H](N)C(=O)O[C@@H](C)COC(=O)OC(C)CC)cc1OC(=O)OCCCC. The summed E-state index contributed by atoms with van der Waals surface area (Å²) >= 11 is 0. The summed E-state index contributed by atoms with van der Waals surface area (Å²) in [5.74, 6) is -0.912. The molecule has 12 heteroatoms.